The van der Waals surface area contributed by atoms with Crippen LogP contribution < -0.4 is 11.3 Å². The Kier molecular flexibility index (Phi) is 3.67. The maximum Gasteiger partial charge on any atom is 0.265 e. The summed E-state index contributed by atoms with van der Waals surface area (Å²) in [4.78, 5) is 12.2. The van der Waals surface area contributed by atoms with Gasteiger partial charge in [0.25, 0.3) is 5.56 Å². The molecular formula is C15H21BrN2O2. The first-order valence-corrected chi connectivity index (χ1v) is 8.13. The second kappa shape index (κ2) is 5.19. The van der Waals surface area contributed by atoms with Crippen LogP contribution in [0.2, 0.25) is 0 Å². The molecule has 2 fully saturated rings. The molecular weight excluding hydrogens is 320 g/mol. The van der Waals surface area contributed by atoms with Crippen LogP contribution in [0.4, 0.5) is 5.69 Å². The van der Waals surface area contributed by atoms with Crippen molar-refractivity contribution in [2.24, 2.45) is 0 Å². The van der Waals surface area contributed by atoms with Crippen LogP contribution in [0, 0.1) is 6.92 Å². The molecule has 1 aromatic rings. The Labute approximate surface area is 127 Å². The molecule has 1 aromatic heterocycles. The van der Waals surface area contributed by atoms with E-state index in [4.69, 9.17) is 10.5 Å². The van der Waals surface area contributed by atoms with Crippen LogP contribution in [-0.2, 0) is 11.3 Å². The summed E-state index contributed by atoms with van der Waals surface area (Å²) >= 11 is 3.34. The molecule has 20 heavy (non-hydrogen) atoms. The fourth-order valence-corrected chi connectivity index (χ4v) is 3.96. The van der Waals surface area contributed by atoms with Gasteiger partial charge in [-0.2, -0.15) is 0 Å². The highest BCUT2D eigenvalue weighted by molar-refractivity contribution is 9.10. The Hall–Kier alpha value is -0.810. The highest BCUT2D eigenvalue weighted by Gasteiger charge is 2.42. The van der Waals surface area contributed by atoms with E-state index in [1.54, 1.807) is 10.8 Å². The zero-order valence-electron chi connectivity index (χ0n) is 11.8. The lowest BCUT2D eigenvalue weighted by Gasteiger charge is -2.24. The van der Waals surface area contributed by atoms with Crippen LogP contribution in [0.25, 0.3) is 0 Å². The Morgan fingerprint density at radius 3 is 2.85 bits per heavy atom. The summed E-state index contributed by atoms with van der Waals surface area (Å²) in [5.74, 6) is 0. The highest BCUT2D eigenvalue weighted by Crippen LogP contribution is 2.43. The predicted molar refractivity (Wildman–Crippen MR) is 82.9 cm³/mol. The molecule has 0 aromatic carbocycles. The lowest BCUT2D eigenvalue weighted by atomic mass is 9.98. The number of nitrogens with zero attached hydrogens (tertiary/aromatic N) is 1. The van der Waals surface area contributed by atoms with E-state index in [2.05, 4.69) is 15.9 Å². The van der Waals surface area contributed by atoms with Gasteiger partial charge < -0.3 is 15.0 Å². The minimum absolute atomic E-state index is 0.0207. The Bertz CT molecular complexity index is 576. The van der Waals surface area contributed by atoms with Crippen molar-refractivity contribution in [1.82, 2.24) is 4.57 Å². The van der Waals surface area contributed by atoms with Gasteiger partial charge in [0.2, 0.25) is 0 Å². The molecule has 2 N–H and O–H groups in total. The second-order valence-electron chi connectivity index (χ2n) is 6.15. The van der Waals surface area contributed by atoms with E-state index in [9.17, 15) is 4.79 Å². The van der Waals surface area contributed by atoms with Gasteiger partial charge >= 0.3 is 0 Å². The van der Waals surface area contributed by atoms with Crippen LogP contribution in [-0.4, -0.2) is 16.3 Å². The summed E-state index contributed by atoms with van der Waals surface area (Å²) in [6.45, 7) is 2.45. The van der Waals surface area contributed by atoms with Crippen LogP contribution in [0.1, 0.15) is 44.1 Å². The first-order valence-electron chi connectivity index (χ1n) is 7.34. The summed E-state index contributed by atoms with van der Waals surface area (Å²) in [7, 11) is 0. The molecule has 1 aliphatic heterocycles. The average Bonchev–Trinajstić information content (AvgIpc) is 3.04. The van der Waals surface area contributed by atoms with Gasteiger partial charge in [-0.25, -0.2) is 0 Å². The molecule has 110 valence electrons. The van der Waals surface area contributed by atoms with Crippen LogP contribution in [0.5, 0.6) is 0 Å². The van der Waals surface area contributed by atoms with E-state index in [0.717, 1.165) is 18.4 Å². The third-order valence-corrected chi connectivity index (χ3v) is 5.69. The second-order valence-corrected chi connectivity index (χ2v) is 6.94. The Balaban J connectivity index is 1.78. The molecule has 0 radical (unpaired) electrons. The maximum atomic E-state index is 12.2. The number of nitrogens with two attached hydrogens (primary N) is 1. The number of rotatable bonds is 2. The van der Waals surface area contributed by atoms with Crippen molar-refractivity contribution in [3.05, 3.63) is 26.6 Å². The molecule has 2 heterocycles. The van der Waals surface area contributed by atoms with Gasteiger partial charge in [-0.1, -0.05) is 12.8 Å². The number of aromatic nitrogens is 1. The van der Waals surface area contributed by atoms with Crippen molar-refractivity contribution in [3.8, 4) is 0 Å². The molecule has 0 bridgehead atoms. The maximum absolute atomic E-state index is 12.2. The quantitative estimate of drug-likeness (QED) is 0.900. The smallest absolute Gasteiger partial charge is 0.265 e. The van der Waals surface area contributed by atoms with Crippen molar-refractivity contribution in [2.45, 2.75) is 63.7 Å². The third kappa shape index (κ3) is 2.42. The Morgan fingerprint density at radius 1 is 1.45 bits per heavy atom. The molecule has 1 aliphatic carbocycles. The Morgan fingerprint density at radius 2 is 2.15 bits per heavy atom. The number of ether oxygens (including phenoxy) is 1. The van der Waals surface area contributed by atoms with Crippen molar-refractivity contribution < 1.29 is 4.74 Å². The topological polar surface area (TPSA) is 57.2 Å². The number of nitrogen functional groups attached to an aromatic ring is 1. The van der Waals surface area contributed by atoms with Gasteiger partial charge in [-0.15, -0.1) is 0 Å². The van der Waals surface area contributed by atoms with Crippen molar-refractivity contribution >= 4 is 21.6 Å². The largest absolute Gasteiger partial charge is 0.397 e. The minimum Gasteiger partial charge on any atom is -0.397 e. The average molecular weight is 341 g/mol. The van der Waals surface area contributed by atoms with E-state index < -0.39 is 0 Å². The standard InChI is InChI=1S/C15H21BrN2O2/c1-10-12(17)9-18(14(19)13(10)16)8-11-4-7-15(20-11)5-2-3-6-15/h9,11H,2-8,17H2,1H3. The van der Waals surface area contributed by atoms with Gasteiger partial charge in [0, 0.05) is 6.20 Å². The fraction of sp³-hybridized carbons (Fsp3) is 0.667. The van der Waals surface area contributed by atoms with Crippen molar-refractivity contribution in [1.29, 1.82) is 0 Å². The zero-order chi connectivity index (χ0) is 14.3. The first kappa shape index (κ1) is 14.1. The van der Waals surface area contributed by atoms with E-state index in [-0.39, 0.29) is 17.3 Å². The molecule has 1 spiro atoms. The first-order chi connectivity index (χ1) is 9.51. The van der Waals surface area contributed by atoms with Crippen molar-refractivity contribution in [3.63, 3.8) is 0 Å². The number of anilines is 1. The molecule has 1 unspecified atom stereocenters. The molecule has 1 saturated carbocycles. The molecule has 3 rings (SSSR count). The summed E-state index contributed by atoms with van der Waals surface area (Å²) in [5.41, 5.74) is 7.50. The summed E-state index contributed by atoms with van der Waals surface area (Å²) in [5, 5.41) is 0. The summed E-state index contributed by atoms with van der Waals surface area (Å²) < 4.78 is 8.51. The van der Waals surface area contributed by atoms with E-state index in [1.807, 2.05) is 6.92 Å². The summed E-state index contributed by atoms with van der Waals surface area (Å²) in [6, 6.07) is 0. The fourth-order valence-electron chi connectivity index (χ4n) is 3.50. The summed E-state index contributed by atoms with van der Waals surface area (Å²) in [6.07, 6.45) is 8.96. The van der Waals surface area contributed by atoms with Crippen molar-refractivity contribution in [2.75, 3.05) is 5.73 Å². The lowest BCUT2D eigenvalue weighted by Crippen LogP contribution is -2.30. The zero-order valence-corrected chi connectivity index (χ0v) is 13.4. The number of halogens is 1. The van der Waals surface area contributed by atoms with E-state index in [0.29, 0.717) is 16.7 Å². The van der Waals surface area contributed by atoms with Gasteiger partial charge in [0.05, 0.1) is 28.4 Å². The molecule has 1 saturated heterocycles. The molecule has 2 aliphatic rings. The molecule has 1 atom stereocenters. The SMILES string of the molecule is Cc1c(N)cn(CC2CCC3(CCCC3)O2)c(=O)c1Br. The lowest BCUT2D eigenvalue weighted by molar-refractivity contribution is -0.0421. The predicted octanol–water partition coefficient (Wildman–Crippen LogP) is 2.99. The van der Waals surface area contributed by atoms with Crippen LogP contribution in [0.3, 0.4) is 0 Å². The highest BCUT2D eigenvalue weighted by atomic mass is 79.9. The monoisotopic (exact) mass is 340 g/mol. The third-order valence-electron chi connectivity index (χ3n) is 4.76. The number of hydrogen-bond acceptors (Lipinski definition) is 3. The van der Waals surface area contributed by atoms with E-state index in [1.165, 1.54) is 25.7 Å². The molecule has 4 nitrogen and oxygen atoms in total. The van der Waals surface area contributed by atoms with Gasteiger partial charge in [-0.05, 0) is 54.1 Å². The minimum atomic E-state index is -0.0207. The number of pyridine rings is 1. The number of hydrogen-bond donors (Lipinski definition) is 1. The van der Waals surface area contributed by atoms with Gasteiger partial charge in [0.1, 0.15) is 0 Å². The van der Waals surface area contributed by atoms with Gasteiger partial charge in [-0.3, -0.25) is 4.79 Å². The molecule has 0 amide bonds. The van der Waals surface area contributed by atoms with Crippen LogP contribution >= 0.6 is 15.9 Å². The molecule has 5 heteroatoms. The van der Waals surface area contributed by atoms with Crippen LogP contribution in [0.15, 0.2) is 15.5 Å². The normalized spacial score (nSPS) is 24.6. The van der Waals surface area contributed by atoms with E-state index >= 15 is 0 Å². The van der Waals surface area contributed by atoms with Gasteiger partial charge in [0.15, 0.2) is 0 Å².